The van der Waals surface area contributed by atoms with Crippen LogP contribution in [0.2, 0.25) is 0 Å². The van der Waals surface area contributed by atoms with Crippen molar-refractivity contribution in [1.82, 2.24) is 9.88 Å². The molecule has 0 saturated heterocycles. The lowest BCUT2D eigenvalue weighted by Crippen LogP contribution is -2.35. The minimum atomic E-state index is -0.485. The number of anilines is 1. The van der Waals surface area contributed by atoms with Gasteiger partial charge in [0.1, 0.15) is 5.00 Å². The van der Waals surface area contributed by atoms with Crippen molar-refractivity contribution in [3.05, 3.63) is 45.3 Å². The maximum atomic E-state index is 12.9. The molecule has 0 aliphatic carbocycles. The van der Waals surface area contributed by atoms with Gasteiger partial charge < -0.3 is 19.7 Å². The molecule has 10 heteroatoms. The predicted molar refractivity (Wildman–Crippen MR) is 114 cm³/mol. The molecule has 0 unspecified atom stereocenters. The molecule has 0 spiro atoms. The van der Waals surface area contributed by atoms with Crippen molar-refractivity contribution in [2.24, 2.45) is 0 Å². The molecule has 0 bridgehead atoms. The van der Waals surface area contributed by atoms with Crippen LogP contribution in [0.5, 0.6) is 0 Å². The first-order chi connectivity index (χ1) is 14.5. The van der Waals surface area contributed by atoms with Crippen LogP contribution in [0.3, 0.4) is 0 Å². The van der Waals surface area contributed by atoms with Crippen molar-refractivity contribution in [2.75, 3.05) is 25.6 Å². The third-order valence-corrected chi connectivity index (χ3v) is 6.85. The van der Waals surface area contributed by atoms with Crippen molar-refractivity contribution >= 4 is 55.9 Å². The number of hydrogen-bond acceptors (Lipinski definition) is 8. The summed E-state index contributed by atoms with van der Waals surface area (Å²) >= 11 is 2.56. The first kappa shape index (κ1) is 20.3. The predicted octanol–water partition coefficient (Wildman–Crippen LogP) is 3.91. The summed E-state index contributed by atoms with van der Waals surface area (Å²) in [5.74, 6) is -0.869. The molecule has 8 nitrogen and oxygen atoms in total. The van der Waals surface area contributed by atoms with E-state index in [0.717, 1.165) is 20.7 Å². The van der Waals surface area contributed by atoms with Gasteiger partial charge in [-0.3, -0.25) is 4.79 Å². The Kier molecular flexibility index (Phi) is 5.69. The smallest absolute Gasteiger partial charge is 0.409 e. The van der Waals surface area contributed by atoms with Crippen LogP contribution in [0.25, 0.3) is 10.2 Å². The highest BCUT2D eigenvalue weighted by atomic mass is 32.1. The number of thiazole rings is 1. The molecule has 0 radical (unpaired) electrons. The molecule has 2 aromatic heterocycles. The molecule has 2 amide bonds. The number of methoxy groups -OCH3 is 1. The van der Waals surface area contributed by atoms with E-state index in [9.17, 15) is 14.4 Å². The monoisotopic (exact) mass is 445 g/mol. The van der Waals surface area contributed by atoms with Crippen molar-refractivity contribution in [3.63, 3.8) is 0 Å². The number of nitrogens with zero attached hydrogens (tertiary/aromatic N) is 2. The molecule has 0 fully saturated rings. The first-order valence-corrected chi connectivity index (χ1v) is 11.0. The quantitative estimate of drug-likeness (QED) is 0.612. The molecular formula is C20H19N3O5S2. The molecule has 4 rings (SSSR count). The van der Waals surface area contributed by atoms with Gasteiger partial charge in [-0.2, -0.15) is 0 Å². The molecule has 1 aliphatic heterocycles. The van der Waals surface area contributed by atoms with E-state index in [1.807, 2.05) is 24.3 Å². The van der Waals surface area contributed by atoms with Gasteiger partial charge in [0, 0.05) is 11.4 Å². The highest BCUT2D eigenvalue weighted by molar-refractivity contribution is 7.20. The molecule has 1 aliphatic rings. The van der Waals surface area contributed by atoms with E-state index in [-0.39, 0.29) is 12.5 Å². The van der Waals surface area contributed by atoms with Gasteiger partial charge in [-0.1, -0.05) is 12.1 Å². The number of amides is 2. The number of thiophene rings is 1. The number of esters is 1. The number of carbonyl (C=O) groups excluding carboxylic acids is 3. The van der Waals surface area contributed by atoms with Gasteiger partial charge in [-0.15, -0.1) is 22.7 Å². The summed E-state index contributed by atoms with van der Waals surface area (Å²) in [5, 5.41) is 3.56. The number of aromatic nitrogens is 1. The highest BCUT2D eigenvalue weighted by Crippen LogP contribution is 2.38. The third kappa shape index (κ3) is 3.75. The van der Waals surface area contributed by atoms with Crippen LogP contribution in [0.4, 0.5) is 9.80 Å². The number of fused-ring (bicyclic) bond motifs is 2. The summed E-state index contributed by atoms with van der Waals surface area (Å²) in [6.07, 6.45) is 0.0540. The molecule has 1 aromatic carbocycles. The Hall–Kier alpha value is -2.98. The van der Waals surface area contributed by atoms with E-state index in [4.69, 9.17) is 9.47 Å². The minimum absolute atomic E-state index is 0.225. The lowest BCUT2D eigenvalue weighted by Gasteiger charge is -2.25. The van der Waals surface area contributed by atoms with Gasteiger partial charge in [0.25, 0.3) is 5.91 Å². The largest absolute Gasteiger partial charge is 0.462 e. The van der Waals surface area contributed by atoms with Gasteiger partial charge in [0.2, 0.25) is 0 Å². The minimum Gasteiger partial charge on any atom is -0.462 e. The van der Waals surface area contributed by atoms with Crippen LogP contribution < -0.4 is 5.32 Å². The number of hydrogen-bond donors (Lipinski definition) is 1. The highest BCUT2D eigenvalue weighted by Gasteiger charge is 2.31. The average Bonchev–Trinajstić information content (AvgIpc) is 3.33. The van der Waals surface area contributed by atoms with E-state index in [0.29, 0.717) is 35.1 Å². The van der Waals surface area contributed by atoms with E-state index < -0.39 is 12.1 Å². The van der Waals surface area contributed by atoms with Gasteiger partial charge in [0.15, 0.2) is 5.01 Å². The van der Waals surface area contributed by atoms with Crippen LogP contribution in [0.15, 0.2) is 24.3 Å². The van der Waals surface area contributed by atoms with Crippen molar-refractivity contribution < 1.29 is 23.9 Å². The summed E-state index contributed by atoms with van der Waals surface area (Å²) in [4.78, 5) is 44.2. The first-order valence-electron chi connectivity index (χ1n) is 9.33. The zero-order valence-electron chi connectivity index (χ0n) is 16.4. The third-order valence-electron chi connectivity index (χ3n) is 4.68. The Morgan fingerprint density at radius 3 is 2.77 bits per heavy atom. The summed E-state index contributed by atoms with van der Waals surface area (Å²) < 4.78 is 10.9. The zero-order chi connectivity index (χ0) is 21.3. The summed E-state index contributed by atoms with van der Waals surface area (Å²) in [5.41, 5.74) is 1.91. The summed E-state index contributed by atoms with van der Waals surface area (Å²) in [6.45, 7) is 2.70. The molecule has 0 saturated carbocycles. The van der Waals surface area contributed by atoms with E-state index in [1.54, 1.807) is 11.8 Å². The number of rotatable bonds is 4. The number of para-hydroxylation sites is 1. The van der Waals surface area contributed by atoms with Gasteiger partial charge in [-0.05, 0) is 31.0 Å². The Morgan fingerprint density at radius 1 is 1.23 bits per heavy atom. The number of carbonyl (C=O) groups is 3. The standard InChI is InChI=1S/C20H19N3O5S2/c1-3-28-19(25)15-11-8-9-23(20(26)27-2)10-14(11)30-17(15)22-16(24)18-21-12-6-4-5-7-13(12)29-18/h4-7H,3,8-10H2,1-2H3,(H,22,24). The van der Waals surface area contributed by atoms with E-state index >= 15 is 0 Å². The summed E-state index contributed by atoms with van der Waals surface area (Å²) in [6, 6.07) is 7.50. The second kappa shape index (κ2) is 8.41. The van der Waals surface area contributed by atoms with Crippen molar-refractivity contribution in [3.8, 4) is 0 Å². The zero-order valence-corrected chi connectivity index (χ0v) is 18.0. The maximum absolute atomic E-state index is 12.9. The Morgan fingerprint density at radius 2 is 2.03 bits per heavy atom. The average molecular weight is 446 g/mol. The van der Waals surface area contributed by atoms with E-state index in [2.05, 4.69) is 10.3 Å². The molecule has 0 atom stereocenters. The van der Waals surface area contributed by atoms with Gasteiger partial charge in [0.05, 0.1) is 36.0 Å². The number of benzene rings is 1. The lowest BCUT2D eigenvalue weighted by atomic mass is 10.0. The van der Waals surface area contributed by atoms with Gasteiger partial charge >= 0.3 is 12.1 Å². The molecular weight excluding hydrogens is 426 g/mol. The number of ether oxygens (including phenoxy) is 2. The molecule has 3 aromatic rings. The number of nitrogens with one attached hydrogen (secondary N) is 1. The fourth-order valence-electron chi connectivity index (χ4n) is 3.32. The van der Waals surface area contributed by atoms with Crippen LogP contribution >= 0.6 is 22.7 Å². The second-order valence-electron chi connectivity index (χ2n) is 6.51. The maximum Gasteiger partial charge on any atom is 0.409 e. The molecule has 1 N–H and O–H groups in total. The Balaban J connectivity index is 1.66. The topological polar surface area (TPSA) is 97.8 Å². The van der Waals surface area contributed by atoms with Gasteiger partial charge in [-0.25, -0.2) is 14.6 Å². The molecule has 3 heterocycles. The lowest BCUT2D eigenvalue weighted by molar-refractivity contribution is 0.0526. The van der Waals surface area contributed by atoms with Crippen LogP contribution in [0, 0.1) is 0 Å². The second-order valence-corrected chi connectivity index (χ2v) is 8.65. The van der Waals surface area contributed by atoms with Crippen LogP contribution in [-0.2, 0) is 22.4 Å². The van der Waals surface area contributed by atoms with Crippen LogP contribution in [0.1, 0.15) is 37.5 Å². The molecule has 156 valence electrons. The molecule has 30 heavy (non-hydrogen) atoms. The normalized spacial score (nSPS) is 13.1. The van der Waals surface area contributed by atoms with Crippen molar-refractivity contribution in [1.29, 1.82) is 0 Å². The van der Waals surface area contributed by atoms with E-state index in [1.165, 1.54) is 29.8 Å². The fourth-order valence-corrected chi connectivity index (χ4v) is 5.43. The summed E-state index contributed by atoms with van der Waals surface area (Å²) in [7, 11) is 1.33. The van der Waals surface area contributed by atoms with Crippen molar-refractivity contribution in [2.45, 2.75) is 19.9 Å². The fraction of sp³-hybridized carbons (Fsp3) is 0.300. The SMILES string of the molecule is CCOC(=O)c1c(NC(=O)c2nc3ccccc3s2)sc2c1CCN(C(=O)OC)C2. The Bertz CT molecular complexity index is 1100. The van der Waals surface area contributed by atoms with Crippen LogP contribution in [-0.4, -0.2) is 48.1 Å². The Labute approximate surface area is 180 Å².